The zero-order valence-electron chi connectivity index (χ0n) is 23.5. The van der Waals surface area contributed by atoms with Crippen LogP contribution in [-0.4, -0.2) is 31.1 Å². The van der Waals surface area contributed by atoms with Crippen LogP contribution in [0.2, 0.25) is 0 Å². The molecule has 6 aromatic rings. The first-order chi connectivity index (χ1) is 20.7. The third kappa shape index (κ3) is 5.08. The molecule has 0 aliphatic rings. The van der Waals surface area contributed by atoms with Gasteiger partial charge in [0.15, 0.2) is 0 Å². The van der Waals surface area contributed by atoms with E-state index in [1.165, 1.54) is 0 Å². The summed E-state index contributed by atoms with van der Waals surface area (Å²) in [6.45, 7) is 2.76. The molecule has 0 aliphatic heterocycles. The molecule has 0 fully saturated rings. The number of benzene rings is 4. The van der Waals surface area contributed by atoms with E-state index in [0.717, 1.165) is 40.2 Å². The number of carbonyl (C=O) groups is 1. The van der Waals surface area contributed by atoms with Gasteiger partial charge >= 0.3 is 0 Å². The SMILES string of the molecule is CC(c1ncc[nH]1)N(Cc1ccc(C=O)cc1)C(c1ncc[nH]1)C(c1ccccc1)(c1ccccc1)c1ccccc1. The minimum Gasteiger partial charge on any atom is -0.347 e. The first-order valence-corrected chi connectivity index (χ1v) is 14.2. The third-order valence-corrected chi connectivity index (χ3v) is 8.10. The smallest absolute Gasteiger partial charge is 0.150 e. The van der Waals surface area contributed by atoms with E-state index < -0.39 is 5.41 Å². The van der Waals surface area contributed by atoms with Gasteiger partial charge < -0.3 is 9.97 Å². The largest absolute Gasteiger partial charge is 0.347 e. The zero-order chi connectivity index (χ0) is 28.8. The lowest BCUT2D eigenvalue weighted by atomic mass is 9.63. The Morgan fingerprint density at radius 2 is 1.17 bits per heavy atom. The lowest BCUT2D eigenvalue weighted by molar-refractivity contribution is 0.0875. The fraction of sp³-hybridized carbons (Fsp3) is 0.139. The minimum atomic E-state index is -0.675. The predicted octanol–water partition coefficient (Wildman–Crippen LogP) is 7.28. The molecule has 0 radical (unpaired) electrons. The molecule has 2 N–H and O–H groups in total. The van der Waals surface area contributed by atoms with E-state index in [1.54, 1.807) is 6.20 Å². The van der Waals surface area contributed by atoms with Crippen LogP contribution in [0.4, 0.5) is 0 Å². The Hall–Kier alpha value is -5.07. The molecule has 0 saturated carbocycles. The maximum Gasteiger partial charge on any atom is 0.150 e. The van der Waals surface area contributed by atoms with Gasteiger partial charge in [-0.3, -0.25) is 9.69 Å². The van der Waals surface area contributed by atoms with Gasteiger partial charge in [-0.25, -0.2) is 9.97 Å². The number of imidazole rings is 2. The fourth-order valence-corrected chi connectivity index (χ4v) is 6.14. The highest BCUT2D eigenvalue weighted by atomic mass is 16.1. The van der Waals surface area contributed by atoms with Crippen molar-refractivity contribution in [1.29, 1.82) is 0 Å². The maximum atomic E-state index is 11.4. The van der Waals surface area contributed by atoms with E-state index in [9.17, 15) is 4.79 Å². The van der Waals surface area contributed by atoms with E-state index in [0.29, 0.717) is 12.1 Å². The molecule has 0 aliphatic carbocycles. The molecule has 0 spiro atoms. The number of aromatic nitrogens is 4. The van der Waals surface area contributed by atoms with Crippen LogP contribution in [0, 0.1) is 0 Å². The number of aromatic amines is 2. The van der Waals surface area contributed by atoms with Gasteiger partial charge in [0.05, 0.1) is 17.5 Å². The van der Waals surface area contributed by atoms with Crippen LogP contribution in [0.15, 0.2) is 140 Å². The quantitative estimate of drug-likeness (QED) is 0.131. The van der Waals surface area contributed by atoms with Gasteiger partial charge in [0.1, 0.15) is 17.9 Å². The predicted molar refractivity (Wildman–Crippen MR) is 165 cm³/mol. The summed E-state index contributed by atoms with van der Waals surface area (Å²) in [6.07, 6.45) is 8.25. The van der Waals surface area contributed by atoms with E-state index in [4.69, 9.17) is 9.97 Å². The first-order valence-electron chi connectivity index (χ1n) is 14.2. The summed E-state index contributed by atoms with van der Waals surface area (Å²) in [5.74, 6) is 1.70. The molecule has 6 nitrogen and oxygen atoms in total. The topological polar surface area (TPSA) is 77.7 Å². The molecule has 2 aromatic heterocycles. The Balaban J connectivity index is 1.67. The number of H-pyrrole nitrogens is 2. The van der Waals surface area contributed by atoms with Crippen molar-refractivity contribution in [3.8, 4) is 0 Å². The molecular weight excluding hydrogens is 518 g/mol. The summed E-state index contributed by atoms with van der Waals surface area (Å²) in [6, 6.07) is 39.5. The van der Waals surface area contributed by atoms with Gasteiger partial charge in [0.2, 0.25) is 0 Å². The molecule has 6 heteroatoms. The summed E-state index contributed by atoms with van der Waals surface area (Å²) in [7, 11) is 0. The molecule has 2 unspecified atom stereocenters. The zero-order valence-corrected chi connectivity index (χ0v) is 23.5. The van der Waals surface area contributed by atoms with Crippen LogP contribution >= 0.6 is 0 Å². The summed E-state index contributed by atoms with van der Waals surface area (Å²) < 4.78 is 0. The second-order valence-electron chi connectivity index (χ2n) is 10.5. The highest BCUT2D eigenvalue weighted by molar-refractivity contribution is 5.74. The van der Waals surface area contributed by atoms with Crippen LogP contribution in [-0.2, 0) is 12.0 Å². The van der Waals surface area contributed by atoms with Gasteiger partial charge in [0, 0.05) is 36.9 Å². The summed E-state index contributed by atoms with van der Waals surface area (Å²) in [5, 5.41) is 0. The minimum absolute atomic E-state index is 0.128. The molecule has 0 saturated heterocycles. The van der Waals surface area contributed by atoms with Crippen molar-refractivity contribution in [3.05, 3.63) is 180 Å². The molecule has 6 rings (SSSR count). The van der Waals surface area contributed by atoms with E-state index in [1.807, 2.05) is 42.9 Å². The second kappa shape index (κ2) is 12.2. The molecular formula is C36H33N5O. The van der Waals surface area contributed by atoms with Crippen molar-refractivity contribution < 1.29 is 4.79 Å². The number of hydrogen-bond acceptors (Lipinski definition) is 4. The lowest BCUT2D eigenvalue weighted by Gasteiger charge is -2.48. The molecule has 2 atom stereocenters. The number of rotatable bonds is 11. The van der Waals surface area contributed by atoms with E-state index in [-0.39, 0.29) is 12.1 Å². The Morgan fingerprint density at radius 3 is 1.60 bits per heavy atom. The second-order valence-corrected chi connectivity index (χ2v) is 10.5. The Kier molecular flexibility index (Phi) is 7.88. The Bertz CT molecular complexity index is 1570. The van der Waals surface area contributed by atoms with Crippen LogP contribution in [0.5, 0.6) is 0 Å². The molecule has 2 heterocycles. The first kappa shape index (κ1) is 27.1. The third-order valence-electron chi connectivity index (χ3n) is 8.10. The number of aldehydes is 1. The molecule has 4 aromatic carbocycles. The maximum absolute atomic E-state index is 11.4. The Labute approximate surface area is 246 Å². The van der Waals surface area contributed by atoms with Crippen molar-refractivity contribution in [2.24, 2.45) is 0 Å². The molecule has 0 amide bonds. The number of carbonyl (C=O) groups excluding carboxylic acids is 1. The monoisotopic (exact) mass is 551 g/mol. The highest BCUT2D eigenvalue weighted by Crippen LogP contribution is 2.52. The van der Waals surface area contributed by atoms with E-state index in [2.05, 4.69) is 113 Å². The molecule has 0 bridgehead atoms. The number of nitrogens with one attached hydrogen (secondary N) is 2. The fourth-order valence-electron chi connectivity index (χ4n) is 6.14. The number of hydrogen-bond donors (Lipinski definition) is 2. The van der Waals surface area contributed by atoms with E-state index >= 15 is 0 Å². The van der Waals surface area contributed by atoms with Crippen molar-refractivity contribution >= 4 is 6.29 Å². The van der Waals surface area contributed by atoms with Gasteiger partial charge in [-0.1, -0.05) is 115 Å². The van der Waals surface area contributed by atoms with Gasteiger partial charge in [-0.2, -0.15) is 0 Å². The van der Waals surface area contributed by atoms with Gasteiger partial charge in [-0.15, -0.1) is 0 Å². The molecule has 208 valence electrons. The van der Waals surface area contributed by atoms with Crippen molar-refractivity contribution in [2.45, 2.75) is 31.0 Å². The van der Waals surface area contributed by atoms with Crippen molar-refractivity contribution in [1.82, 2.24) is 24.8 Å². The lowest BCUT2D eigenvalue weighted by Crippen LogP contribution is -2.47. The summed E-state index contributed by atoms with van der Waals surface area (Å²) in [4.78, 5) is 30.4. The number of nitrogens with zero attached hydrogens (tertiary/aromatic N) is 3. The van der Waals surface area contributed by atoms with Crippen molar-refractivity contribution in [2.75, 3.05) is 0 Å². The Morgan fingerprint density at radius 1 is 0.690 bits per heavy atom. The average Bonchev–Trinajstić information content (AvgIpc) is 3.80. The van der Waals surface area contributed by atoms with Gasteiger partial charge in [-0.05, 0) is 29.2 Å². The highest BCUT2D eigenvalue weighted by Gasteiger charge is 2.50. The standard InChI is InChI=1S/C36H33N5O/c1-27(34-37-21-22-38-34)41(25-28-17-19-29(26-42)20-18-28)33(35-39-23-24-40-35)36(30-11-5-2-6-12-30,31-13-7-3-8-14-31)32-15-9-4-10-16-32/h2-24,26-27,33H,25H2,1H3,(H,37,38)(H,39,40). The molecule has 42 heavy (non-hydrogen) atoms. The normalized spacial score (nSPS) is 13.1. The summed E-state index contributed by atoms with van der Waals surface area (Å²) >= 11 is 0. The summed E-state index contributed by atoms with van der Waals surface area (Å²) in [5.41, 5.74) is 4.51. The van der Waals surface area contributed by atoms with Crippen LogP contribution in [0.3, 0.4) is 0 Å². The average molecular weight is 552 g/mol. The van der Waals surface area contributed by atoms with Crippen LogP contribution in [0.1, 0.15) is 63.3 Å². The van der Waals surface area contributed by atoms with Crippen molar-refractivity contribution in [3.63, 3.8) is 0 Å². The van der Waals surface area contributed by atoms with Crippen LogP contribution < -0.4 is 0 Å². The van der Waals surface area contributed by atoms with Gasteiger partial charge in [0.25, 0.3) is 0 Å². The van der Waals surface area contributed by atoms with Crippen LogP contribution in [0.25, 0.3) is 0 Å².